The van der Waals surface area contributed by atoms with Crippen LogP contribution in [0.25, 0.3) is 60.2 Å². The van der Waals surface area contributed by atoms with Crippen LogP contribution in [0.5, 0.6) is 0 Å². The fourth-order valence-corrected chi connectivity index (χ4v) is 7.11. The van der Waals surface area contributed by atoms with Crippen molar-refractivity contribution in [3.63, 3.8) is 0 Å². The molecule has 1 aromatic heterocycles. The van der Waals surface area contributed by atoms with Crippen LogP contribution in [0.3, 0.4) is 0 Å². The molecular weight excluding hydrogens is 556 g/mol. The lowest BCUT2D eigenvalue weighted by molar-refractivity contribution is 1.18. The maximum atomic E-state index is 2.40. The molecule has 2 heteroatoms. The number of hydrogen-bond acceptors (Lipinski definition) is 1. The zero-order valence-electron chi connectivity index (χ0n) is 25.2. The fourth-order valence-electron chi connectivity index (χ4n) is 7.11. The fraction of sp³-hybridized carbons (Fsp3) is 0. The first kappa shape index (κ1) is 26.3. The SMILES string of the molecule is c1ccc(N(c2cccc3ccccc23)c2ccc(-c3ccc(-n4c5ccccc5c5ccccc54)cc3)c3ccccc23)cc1. The minimum atomic E-state index is 1.13. The van der Waals surface area contributed by atoms with Gasteiger partial charge in [-0.15, -0.1) is 0 Å². The van der Waals surface area contributed by atoms with Crippen molar-refractivity contribution < 1.29 is 0 Å². The van der Waals surface area contributed by atoms with Crippen LogP contribution in [0.1, 0.15) is 0 Å². The van der Waals surface area contributed by atoms with Gasteiger partial charge >= 0.3 is 0 Å². The van der Waals surface area contributed by atoms with E-state index in [-0.39, 0.29) is 0 Å². The number of nitrogens with zero attached hydrogens (tertiary/aromatic N) is 2. The third-order valence-electron chi connectivity index (χ3n) is 9.18. The standard InChI is InChI=1S/C44H30N2/c1-2-15-33(16-3-1)45(41-24-12-14-31-13-4-5-17-36(31)41)44-30-29-35(37-18-6-7-19-38(37)44)32-25-27-34(28-26-32)46-42-22-10-8-20-39(42)40-21-9-11-23-43(40)46/h1-30H. The monoisotopic (exact) mass is 586 g/mol. The van der Waals surface area contributed by atoms with Crippen LogP contribution >= 0.6 is 0 Å². The molecule has 216 valence electrons. The Labute approximate surface area is 268 Å². The lowest BCUT2D eigenvalue weighted by Crippen LogP contribution is -2.11. The number of para-hydroxylation sites is 3. The number of anilines is 3. The average molecular weight is 587 g/mol. The number of rotatable bonds is 5. The van der Waals surface area contributed by atoms with Gasteiger partial charge < -0.3 is 9.47 Å². The van der Waals surface area contributed by atoms with Crippen molar-refractivity contribution in [2.45, 2.75) is 0 Å². The maximum absolute atomic E-state index is 2.40. The molecule has 0 radical (unpaired) electrons. The molecular formula is C44H30N2. The predicted molar refractivity (Wildman–Crippen MR) is 196 cm³/mol. The van der Waals surface area contributed by atoms with E-state index in [0.717, 1.165) is 22.7 Å². The van der Waals surface area contributed by atoms with Gasteiger partial charge in [-0.3, -0.25) is 0 Å². The molecule has 0 bridgehead atoms. The first-order chi connectivity index (χ1) is 22.8. The summed E-state index contributed by atoms with van der Waals surface area (Å²) in [7, 11) is 0. The van der Waals surface area contributed by atoms with E-state index in [1.165, 1.54) is 54.5 Å². The molecule has 0 amide bonds. The maximum Gasteiger partial charge on any atom is 0.0541 e. The van der Waals surface area contributed by atoms with Crippen LogP contribution in [0.2, 0.25) is 0 Å². The third-order valence-corrected chi connectivity index (χ3v) is 9.18. The molecule has 1 heterocycles. The van der Waals surface area contributed by atoms with Crippen LogP contribution in [-0.4, -0.2) is 4.57 Å². The van der Waals surface area contributed by atoms with Gasteiger partial charge in [0.05, 0.1) is 22.4 Å². The molecule has 0 N–H and O–H groups in total. The quantitative estimate of drug-likeness (QED) is 0.195. The largest absolute Gasteiger partial charge is 0.309 e. The number of aromatic nitrogens is 1. The summed E-state index contributed by atoms with van der Waals surface area (Å²) in [5.74, 6) is 0. The van der Waals surface area contributed by atoms with Gasteiger partial charge in [-0.25, -0.2) is 0 Å². The van der Waals surface area contributed by atoms with Crippen molar-refractivity contribution in [2.24, 2.45) is 0 Å². The zero-order valence-corrected chi connectivity index (χ0v) is 25.2. The van der Waals surface area contributed by atoms with Gasteiger partial charge in [0, 0.05) is 32.9 Å². The van der Waals surface area contributed by atoms with Gasteiger partial charge in [-0.2, -0.15) is 0 Å². The summed E-state index contributed by atoms with van der Waals surface area (Å²) < 4.78 is 2.37. The molecule has 0 saturated carbocycles. The Morgan fingerprint density at radius 2 is 0.891 bits per heavy atom. The minimum absolute atomic E-state index is 1.13. The number of benzene rings is 8. The lowest BCUT2D eigenvalue weighted by atomic mass is 9.96. The normalized spacial score (nSPS) is 11.5. The Morgan fingerprint density at radius 1 is 0.348 bits per heavy atom. The Kier molecular flexibility index (Phi) is 6.17. The molecule has 9 aromatic rings. The van der Waals surface area contributed by atoms with Gasteiger partial charge in [0.25, 0.3) is 0 Å². The van der Waals surface area contributed by atoms with E-state index in [2.05, 4.69) is 191 Å². The molecule has 9 rings (SSSR count). The predicted octanol–water partition coefficient (Wildman–Crippen LogP) is 12.2. The van der Waals surface area contributed by atoms with Crippen LogP contribution in [0, 0.1) is 0 Å². The highest BCUT2D eigenvalue weighted by Gasteiger charge is 2.19. The highest BCUT2D eigenvalue weighted by atomic mass is 15.1. The third kappa shape index (κ3) is 4.19. The van der Waals surface area contributed by atoms with E-state index in [9.17, 15) is 0 Å². The molecule has 0 unspecified atom stereocenters. The first-order valence-corrected chi connectivity index (χ1v) is 15.8. The second kappa shape index (κ2) is 10.8. The summed E-state index contributed by atoms with van der Waals surface area (Å²) in [6.45, 7) is 0. The van der Waals surface area contributed by atoms with Crippen LogP contribution < -0.4 is 4.90 Å². The minimum Gasteiger partial charge on any atom is -0.309 e. The molecule has 0 aliphatic carbocycles. The highest BCUT2D eigenvalue weighted by Crippen LogP contribution is 2.44. The van der Waals surface area contributed by atoms with Gasteiger partial charge in [-0.05, 0) is 70.4 Å². The Hall–Kier alpha value is -6.12. The molecule has 0 spiro atoms. The van der Waals surface area contributed by atoms with E-state index in [0.29, 0.717) is 0 Å². The molecule has 8 aromatic carbocycles. The van der Waals surface area contributed by atoms with Gasteiger partial charge in [0.15, 0.2) is 0 Å². The number of hydrogen-bond donors (Lipinski definition) is 0. The van der Waals surface area contributed by atoms with E-state index in [1.54, 1.807) is 0 Å². The summed E-state index contributed by atoms with van der Waals surface area (Å²) >= 11 is 0. The second-order valence-electron chi connectivity index (χ2n) is 11.8. The summed E-state index contributed by atoms with van der Waals surface area (Å²) in [6, 6.07) is 65.6. The van der Waals surface area contributed by atoms with Crippen LogP contribution in [-0.2, 0) is 0 Å². The first-order valence-electron chi connectivity index (χ1n) is 15.8. The Morgan fingerprint density at radius 3 is 1.61 bits per heavy atom. The topological polar surface area (TPSA) is 8.17 Å². The van der Waals surface area contributed by atoms with Crippen molar-refractivity contribution >= 4 is 60.4 Å². The van der Waals surface area contributed by atoms with Gasteiger partial charge in [-0.1, -0.05) is 133 Å². The van der Waals surface area contributed by atoms with E-state index >= 15 is 0 Å². The summed E-state index contributed by atoms with van der Waals surface area (Å²) in [5.41, 5.74) is 9.48. The molecule has 0 saturated heterocycles. The highest BCUT2D eigenvalue weighted by molar-refractivity contribution is 6.10. The van der Waals surface area contributed by atoms with Crippen molar-refractivity contribution in [1.82, 2.24) is 4.57 Å². The summed E-state index contributed by atoms with van der Waals surface area (Å²) in [5, 5.41) is 7.44. The van der Waals surface area contributed by atoms with Gasteiger partial charge in [0.2, 0.25) is 0 Å². The lowest BCUT2D eigenvalue weighted by Gasteiger charge is -2.28. The molecule has 2 nitrogen and oxygen atoms in total. The molecule has 0 aliphatic heterocycles. The van der Waals surface area contributed by atoms with E-state index in [4.69, 9.17) is 0 Å². The molecule has 46 heavy (non-hydrogen) atoms. The van der Waals surface area contributed by atoms with E-state index < -0.39 is 0 Å². The van der Waals surface area contributed by atoms with E-state index in [1.807, 2.05) is 0 Å². The Balaban J connectivity index is 1.20. The molecule has 0 aliphatic rings. The zero-order chi connectivity index (χ0) is 30.5. The Bertz CT molecular complexity index is 2470. The molecule has 0 atom stereocenters. The molecule has 0 fully saturated rings. The smallest absolute Gasteiger partial charge is 0.0541 e. The van der Waals surface area contributed by atoms with Gasteiger partial charge in [0.1, 0.15) is 0 Å². The van der Waals surface area contributed by atoms with Crippen molar-refractivity contribution in [3.8, 4) is 16.8 Å². The van der Waals surface area contributed by atoms with Crippen molar-refractivity contribution in [2.75, 3.05) is 4.90 Å². The second-order valence-corrected chi connectivity index (χ2v) is 11.8. The van der Waals surface area contributed by atoms with Crippen molar-refractivity contribution in [3.05, 3.63) is 182 Å². The van der Waals surface area contributed by atoms with Crippen LogP contribution in [0.15, 0.2) is 182 Å². The average Bonchev–Trinajstić information content (AvgIpc) is 3.47. The summed E-state index contributed by atoms with van der Waals surface area (Å²) in [4.78, 5) is 2.40. The van der Waals surface area contributed by atoms with Crippen LogP contribution in [0.4, 0.5) is 17.1 Å². The van der Waals surface area contributed by atoms with Crippen molar-refractivity contribution in [1.29, 1.82) is 0 Å². The number of fused-ring (bicyclic) bond motifs is 5. The summed E-state index contributed by atoms with van der Waals surface area (Å²) in [6.07, 6.45) is 0.